The van der Waals surface area contributed by atoms with Gasteiger partial charge in [0.1, 0.15) is 0 Å². The molecule has 0 radical (unpaired) electrons. The van der Waals surface area contributed by atoms with E-state index in [0.29, 0.717) is 0 Å². The molecule has 1 atom stereocenters. The monoisotopic (exact) mass is 201 g/mol. The molecular weight excluding hydrogens is 174 g/mol. The van der Waals surface area contributed by atoms with E-state index in [0.717, 1.165) is 12.3 Å². The van der Waals surface area contributed by atoms with Gasteiger partial charge < -0.3 is 10.8 Å². The highest BCUT2D eigenvalue weighted by atomic mass is 16.3. The summed E-state index contributed by atoms with van der Waals surface area (Å²) in [6.07, 6.45) is 8.81. The number of unbranched alkanes of at least 4 members (excludes halogenated alkanes) is 4. The smallest absolute Gasteiger partial charge is 0.0582 e. The van der Waals surface area contributed by atoms with Crippen LogP contribution in [0.5, 0.6) is 0 Å². The molecule has 3 N–H and O–H groups in total. The van der Waals surface area contributed by atoms with E-state index in [9.17, 15) is 0 Å². The number of aliphatic hydroxyl groups is 1. The number of hydrogen-bond donors (Lipinski definition) is 2. The maximum Gasteiger partial charge on any atom is 0.0582 e. The van der Waals surface area contributed by atoms with Gasteiger partial charge in [0.05, 0.1) is 6.61 Å². The first-order chi connectivity index (χ1) is 6.66. The SMILES string of the molecule is CC(C)CCCCCCCC(N)CO. The summed E-state index contributed by atoms with van der Waals surface area (Å²) in [5.74, 6) is 0.845. The Labute approximate surface area is 88.9 Å². The molecule has 0 aliphatic heterocycles. The van der Waals surface area contributed by atoms with Crippen LogP contribution in [0.4, 0.5) is 0 Å². The summed E-state index contributed by atoms with van der Waals surface area (Å²) < 4.78 is 0. The zero-order valence-corrected chi connectivity index (χ0v) is 9.84. The fourth-order valence-corrected chi connectivity index (χ4v) is 1.58. The molecule has 0 heterocycles. The molecule has 0 saturated heterocycles. The third-order valence-corrected chi connectivity index (χ3v) is 2.59. The average Bonchev–Trinajstić information content (AvgIpc) is 2.15. The minimum atomic E-state index is 0.00524. The summed E-state index contributed by atoms with van der Waals surface area (Å²) in [5.41, 5.74) is 5.60. The van der Waals surface area contributed by atoms with E-state index < -0.39 is 0 Å². The van der Waals surface area contributed by atoms with Crippen LogP contribution in [-0.2, 0) is 0 Å². The lowest BCUT2D eigenvalue weighted by atomic mass is 10.0. The van der Waals surface area contributed by atoms with Gasteiger partial charge in [-0.25, -0.2) is 0 Å². The van der Waals surface area contributed by atoms with E-state index in [4.69, 9.17) is 10.8 Å². The minimum Gasteiger partial charge on any atom is -0.395 e. The summed E-state index contributed by atoms with van der Waals surface area (Å²) in [6, 6.07) is 0.00524. The van der Waals surface area contributed by atoms with Crippen LogP contribution >= 0.6 is 0 Å². The van der Waals surface area contributed by atoms with Crippen molar-refractivity contribution in [2.24, 2.45) is 11.7 Å². The van der Waals surface area contributed by atoms with E-state index in [1.165, 1.54) is 38.5 Å². The number of rotatable bonds is 9. The fraction of sp³-hybridized carbons (Fsp3) is 1.00. The van der Waals surface area contributed by atoms with E-state index >= 15 is 0 Å². The average molecular weight is 201 g/mol. The third-order valence-electron chi connectivity index (χ3n) is 2.59. The second-order valence-electron chi connectivity index (χ2n) is 4.68. The lowest BCUT2D eigenvalue weighted by Gasteiger charge is -2.07. The molecule has 0 spiro atoms. The van der Waals surface area contributed by atoms with Crippen molar-refractivity contribution >= 4 is 0 Å². The molecule has 0 aromatic heterocycles. The molecule has 2 nitrogen and oxygen atoms in total. The summed E-state index contributed by atoms with van der Waals surface area (Å²) in [5, 5.41) is 8.71. The van der Waals surface area contributed by atoms with Crippen LogP contribution < -0.4 is 5.73 Å². The van der Waals surface area contributed by atoms with Gasteiger partial charge in [-0.1, -0.05) is 52.4 Å². The minimum absolute atomic E-state index is 0.00524. The summed E-state index contributed by atoms with van der Waals surface area (Å²) in [4.78, 5) is 0. The Morgan fingerprint density at radius 2 is 1.43 bits per heavy atom. The first-order valence-electron chi connectivity index (χ1n) is 6.03. The van der Waals surface area contributed by atoms with Gasteiger partial charge in [0.25, 0.3) is 0 Å². The molecule has 0 aliphatic carbocycles. The maximum atomic E-state index is 8.71. The predicted molar refractivity (Wildman–Crippen MR) is 62.2 cm³/mol. The largest absolute Gasteiger partial charge is 0.395 e. The van der Waals surface area contributed by atoms with Crippen LogP contribution in [0, 0.1) is 5.92 Å². The Morgan fingerprint density at radius 3 is 1.93 bits per heavy atom. The van der Waals surface area contributed by atoms with E-state index in [2.05, 4.69) is 13.8 Å². The Kier molecular flexibility index (Phi) is 9.42. The van der Waals surface area contributed by atoms with Gasteiger partial charge in [0.2, 0.25) is 0 Å². The van der Waals surface area contributed by atoms with Crippen molar-refractivity contribution in [3.63, 3.8) is 0 Å². The second-order valence-corrected chi connectivity index (χ2v) is 4.68. The number of nitrogens with two attached hydrogens (primary N) is 1. The van der Waals surface area contributed by atoms with Gasteiger partial charge in [-0.05, 0) is 12.3 Å². The normalized spacial score (nSPS) is 13.5. The second kappa shape index (κ2) is 9.47. The Bertz CT molecular complexity index is 115. The van der Waals surface area contributed by atoms with Gasteiger partial charge in [0.15, 0.2) is 0 Å². The zero-order valence-electron chi connectivity index (χ0n) is 9.84. The first-order valence-corrected chi connectivity index (χ1v) is 6.03. The van der Waals surface area contributed by atoms with E-state index in [-0.39, 0.29) is 12.6 Å². The molecule has 0 fully saturated rings. The molecule has 14 heavy (non-hydrogen) atoms. The van der Waals surface area contributed by atoms with Gasteiger partial charge in [-0.2, -0.15) is 0 Å². The van der Waals surface area contributed by atoms with Crippen LogP contribution in [0.3, 0.4) is 0 Å². The molecule has 86 valence electrons. The van der Waals surface area contributed by atoms with Gasteiger partial charge in [-0.3, -0.25) is 0 Å². The molecule has 0 rings (SSSR count). The van der Waals surface area contributed by atoms with Crippen molar-refractivity contribution < 1.29 is 5.11 Å². The van der Waals surface area contributed by atoms with Crippen LogP contribution in [0.1, 0.15) is 58.8 Å². The van der Waals surface area contributed by atoms with Gasteiger partial charge in [-0.15, -0.1) is 0 Å². The predicted octanol–water partition coefficient (Wildman–Crippen LogP) is 2.69. The Hall–Kier alpha value is -0.0800. The first kappa shape index (κ1) is 13.9. The molecule has 0 aromatic carbocycles. The lowest BCUT2D eigenvalue weighted by molar-refractivity contribution is 0.257. The van der Waals surface area contributed by atoms with Crippen LogP contribution in [-0.4, -0.2) is 17.8 Å². The van der Waals surface area contributed by atoms with Crippen LogP contribution in [0.25, 0.3) is 0 Å². The molecule has 0 amide bonds. The van der Waals surface area contributed by atoms with Crippen molar-refractivity contribution in [3.05, 3.63) is 0 Å². The summed E-state index contributed by atoms with van der Waals surface area (Å²) in [6.45, 7) is 4.69. The number of aliphatic hydroxyl groups excluding tert-OH is 1. The quantitative estimate of drug-likeness (QED) is 0.563. The molecule has 0 aliphatic rings. The van der Waals surface area contributed by atoms with Crippen molar-refractivity contribution in [2.75, 3.05) is 6.61 Å². The molecule has 0 bridgehead atoms. The summed E-state index contributed by atoms with van der Waals surface area (Å²) in [7, 11) is 0. The van der Waals surface area contributed by atoms with Crippen molar-refractivity contribution in [1.29, 1.82) is 0 Å². The molecular formula is C12H27NO. The fourth-order valence-electron chi connectivity index (χ4n) is 1.58. The Morgan fingerprint density at radius 1 is 0.929 bits per heavy atom. The van der Waals surface area contributed by atoms with Crippen molar-refractivity contribution in [2.45, 2.75) is 64.8 Å². The molecule has 2 heteroatoms. The van der Waals surface area contributed by atoms with Crippen molar-refractivity contribution in [3.8, 4) is 0 Å². The van der Waals surface area contributed by atoms with Gasteiger partial charge >= 0.3 is 0 Å². The highest BCUT2D eigenvalue weighted by molar-refractivity contribution is 4.58. The summed E-state index contributed by atoms with van der Waals surface area (Å²) >= 11 is 0. The van der Waals surface area contributed by atoms with Gasteiger partial charge in [0, 0.05) is 6.04 Å². The van der Waals surface area contributed by atoms with Crippen LogP contribution in [0.2, 0.25) is 0 Å². The van der Waals surface area contributed by atoms with Crippen molar-refractivity contribution in [1.82, 2.24) is 0 Å². The van der Waals surface area contributed by atoms with Crippen LogP contribution in [0.15, 0.2) is 0 Å². The Balaban J connectivity index is 2.99. The highest BCUT2D eigenvalue weighted by Gasteiger charge is 1.99. The lowest BCUT2D eigenvalue weighted by Crippen LogP contribution is -2.23. The van der Waals surface area contributed by atoms with E-state index in [1.54, 1.807) is 0 Å². The standard InChI is InChI=1S/C12H27NO/c1-11(2)8-6-4-3-5-7-9-12(13)10-14/h11-12,14H,3-10,13H2,1-2H3. The topological polar surface area (TPSA) is 46.2 Å². The zero-order chi connectivity index (χ0) is 10.8. The molecule has 1 unspecified atom stereocenters. The van der Waals surface area contributed by atoms with E-state index in [1.807, 2.05) is 0 Å². The highest BCUT2D eigenvalue weighted by Crippen LogP contribution is 2.11. The molecule has 0 aromatic rings. The molecule has 0 saturated carbocycles. The number of hydrogen-bond acceptors (Lipinski definition) is 2. The third kappa shape index (κ3) is 10.0. The maximum absolute atomic E-state index is 8.71.